The highest BCUT2D eigenvalue weighted by Crippen LogP contribution is 2.11. The maximum Gasteiger partial charge on any atom is 0.321 e. The Labute approximate surface area is 140 Å². The van der Waals surface area contributed by atoms with Crippen molar-refractivity contribution in [3.8, 4) is 5.75 Å². The van der Waals surface area contributed by atoms with Gasteiger partial charge in [-0.1, -0.05) is 12.1 Å². The van der Waals surface area contributed by atoms with E-state index < -0.39 is 23.8 Å². The minimum atomic E-state index is -0.882. The van der Waals surface area contributed by atoms with Crippen molar-refractivity contribution in [3.63, 3.8) is 0 Å². The summed E-state index contributed by atoms with van der Waals surface area (Å²) in [5, 5.41) is 26.4. The number of nitrogens with one attached hydrogen (secondary N) is 1. The molecule has 120 valence electrons. The number of rotatable bonds is 4. The summed E-state index contributed by atoms with van der Waals surface area (Å²) < 4.78 is 2.67. The Morgan fingerprint density at radius 2 is 1.73 bits per heavy atom. The maximum atomic E-state index is 10.7. The number of hydrogen-bond donors (Lipinski definition) is 4. The Hall–Kier alpha value is -1.72. The van der Waals surface area contributed by atoms with Gasteiger partial charge in [0.1, 0.15) is 11.8 Å². The Kier molecular flexibility index (Phi) is 7.21. The summed E-state index contributed by atoms with van der Waals surface area (Å²) in [6.07, 6.45) is 0.698. The fraction of sp³-hybridized carbons (Fsp3) is 0.308. The van der Waals surface area contributed by atoms with Gasteiger partial charge in [-0.15, -0.1) is 0 Å². The highest BCUT2D eigenvalue weighted by atomic mass is 127. The summed E-state index contributed by atoms with van der Waals surface area (Å²) in [5.74, 6) is -1.71. The fourth-order valence-corrected chi connectivity index (χ4v) is 2.09. The van der Waals surface area contributed by atoms with E-state index in [1.165, 1.54) is 0 Å². The van der Waals surface area contributed by atoms with Gasteiger partial charge < -0.3 is 10.2 Å². The van der Waals surface area contributed by atoms with Gasteiger partial charge in [-0.3, -0.25) is 19.6 Å². The number of phenolic OH excluding ortho intramolecular Hbond substituents is 1. The molecule has 4 N–H and O–H groups in total. The third kappa shape index (κ3) is 5.58. The second-order valence-electron chi connectivity index (χ2n) is 4.47. The topological polar surface area (TPSA) is 127 Å². The number of aliphatic carboxylic acids is 1. The number of carboxylic acid groups (broad SMARTS) is 1. The molecule has 1 unspecified atom stereocenters. The minimum Gasteiger partial charge on any atom is -0.508 e. The van der Waals surface area contributed by atoms with Crippen LogP contribution in [0.3, 0.4) is 0 Å². The van der Waals surface area contributed by atoms with E-state index in [2.05, 4.69) is 3.53 Å². The van der Waals surface area contributed by atoms with Crippen molar-refractivity contribution in [3.05, 3.63) is 29.8 Å². The molecule has 2 rings (SSSR count). The lowest BCUT2D eigenvalue weighted by atomic mass is 10.1. The third-order valence-electron chi connectivity index (χ3n) is 2.83. The Bertz CT molecular complexity index is 532. The molecule has 1 saturated heterocycles. The van der Waals surface area contributed by atoms with Crippen LogP contribution >= 0.6 is 22.9 Å². The van der Waals surface area contributed by atoms with E-state index >= 15 is 0 Å². The number of imide groups is 1. The van der Waals surface area contributed by atoms with Crippen LogP contribution in [0.25, 0.3) is 0 Å². The standard InChI is InChI=1S/C9H10INO3.C4H5NO3/c10-11-8(9(13)14)5-6-1-3-7(12)4-2-6;6-3-1-2-4(7)5(3)8/h1-4,8,11-12H,5H2,(H,13,14);8H,1-2H2. The molecule has 0 spiro atoms. The zero-order valence-electron chi connectivity index (χ0n) is 11.4. The van der Waals surface area contributed by atoms with E-state index in [0.29, 0.717) is 6.42 Å². The van der Waals surface area contributed by atoms with Gasteiger partial charge in [0.05, 0.1) is 0 Å². The van der Waals surface area contributed by atoms with Crippen LogP contribution in [0.4, 0.5) is 0 Å². The van der Waals surface area contributed by atoms with Crippen LogP contribution in [-0.4, -0.2) is 44.3 Å². The first-order chi connectivity index (χ1) is 10.3. The predicted octanol–water partition coefficient (Wildman–Crippen LogP) is 0.852. The molecular formula is C13H15IN2O6. The number of carboxylic acids is 1. The number of carbonyl (C=O) groups excluding carboxylic acids is 2. The number of halogens is 1. The molecule has 22 heavy (non-hydrogen) atoms. The molecule has 2 amide bonds. The summed E-state index contributed by atoms with van der Waals surface area (Å²) >= 11 is 1.82. The SMILES string of the molecule is O=C(O)C(Cc1ccc(O)cc1)NI.O=C1CCC(=O)N1O. The zero-order chi connectivity index (χ0) is 16.7. The number of benzene rings is 1. The third-order valence-corrected chi connectivity index (χ3v) is 3.58. The molecule has 0 aromatic heterocycles. The van der Waals surface area contributed by atoms with Crippen LogP contribution in [0.15, 0.2) is 24.3 Å². The lowest BCUT2D eigenvalue weighted by molar-refractivity contribution is -0.171. The van der Waals surface area contributed by atoms with E-state index in [9.17, 15) is 14.4 Å². The molecule has 0 radical (unpaired) electrons. The van der Waals surface area contributed by atoms with Crippen LogP contribution in [0.5, 0.6) is 5.75 Å². The van der Waals surface area contributed by atoms with Crippen LogP contribution in [-0.2, 0) is 20.8 Å². The molecule has 0 saturated carbocycles. The zero-order valence-corrected chi connectivity index (χ0v) is 13.6. The average molecular weight is 422 g/mol. The summed E-state index contributed by atoms with van der Waals surface area (Å²) in [5.41, 5.74) is 0.874. The molecule has 1 fully saturated rings. The smallest absolute Gasteiger partial charge is 0.321 e. The van der Waals surface area contributed by atoms with Crippen molar-refractivity contribution < 1.29 is 29.8 Å². The van der Waals surface area contributed by atoms with Crippen molar-refractivity contribution in [2.75, 3.05) is 0 Å². The van der Waals surface area contributed by atoms with Crippen molar-refractivity contribution in [2.24, 2.45) is 0 Å². The Balaban J connectivity index is 0.000000255. The van der Waals surface area contributed by atoms with Crippen molar-refractivity contribution in [1.82, 2.24) is 8.59 Å². The molecule has 8 nitrogen and oxygen atoms in total. The van der Waals surface area contributed by atoms with E-state index in [0.717, 1.165) is 5.56 Å². The summed E-state index contributed by atoms with van der Waals surface area (Å²) in [6, 6.07) is 5.90. The number of nitrogens with zero attached hydrogens (tertiary/aromatic N) is 1. The number of hydroxylamine groups is 2. The Morgan fingerprint density at radius 1 is 1.23 bits per heavy atom. The molecule has 1 aliphatic rings. The van der Waals surface area contributed by atoms with E-state index in [1.807, 2.05) is 22.9 Å². The van der Waals surface area contributed by atoms with Gasteiger partial charge in [0.25, 0.3) is 11.8 Å². The van der Waals surface area contributed by atoms with Crippen LogP contribution in [0.2, 0.25) is 0 Å². The molecule has 1 aromatic rings. The molecule has 0 aliphatic carbocycles. The highest BCUT2D eigenvalue weighted by Gasteiger charge is 2.26. The van der Waals surface area contributed by atoms with Crippen LogP contribution in [0, 0.1) is 0 Å². The van der Waals surface area contributed by atoms with Gasteiger partial charge in [-0.05, 0) is 24.1 Å². The first-order valence-corrected chi connectivity index (χ1v) is 7.34. The van der Waals surface area contributed by atoms with Crippen molar-refractivity contribution in [2.45, 2.75) is 25.3 Å². The highest BCUT2D eigenvalue weighted by molar-refractivity contribution is 14.1. The quantitative estimate of drug-likeness (QED) is 0.245. The summed E-state index contributed by atoms with van der Waals surface area (Å²) in [7, 11) is 0. The largest absolute Gasteiger partial charge is 0.508 e. The maximum absolute atomic E-state index is 10.7. The molecule has 1 heterocycles. The van der Waals surface area contributed by atoms with E-state index in [4.69, 9.17) is 15.4 Å². The van der Waals surface area contributed by atoms with Crippen LogP contribution in [0.1, 0.15) is 18.4 Å². The number of amides is 2. The minimum absolute atomic E-state index is 0.148. The van der Waals surface area contributed by atoms with Gasteiger partial charge in [0.2, 0.25) is 0 Å². The lowest BCUT2D eigenvalue weighted by Gasteiger charge is -2.09. The van der Waals surface area contributed by atoms with Gasteiger partial charge in [0, 0.05) is 35.7 Å². The summed E-state index contributed by atoms with van der Waals surface area (Å²) in [6.45, 7) is 0. The average Bonchev–Trinajstić information content (AvgIpc) is 2.78. The normalized spacial score (nSPS) is 15.3. The monoisotopic (exact) mass is 422 g/mol. The number of aromatic hydroxyl groups is 1. The second-order valence-corrected chi connectivity index (χ2v) is 5.09. The lowest BCUT2D eigenvalue weighted by Crippen LogP contribution is -2.32. The molecule has 0 bridgehead atoms. The summed E-state index contributed by atoms with van der Waals surface area (Å²) in [4.78, 5) is 31.2. The van der Waals surface area contributed by atoms with Gasteiger partial charge in [0.15, 0.2) is 0 Å². The predicted molar refractivity (Wildman–Crippen MR) is 83.3 cm³/mol. The second kappa shape index (κ2) is 8.66. The molecule has 1 aliphatic heterocycles. The van der Waals surface area contributed by atoms with E-state index in [-0.39, 0.29) is 23.7 Å². The van der Waals surface area contributed by atoms with Gasteiger partial charge in [-0.2, -0.15) is 5.06 Å². The first-order valence-electron chi connectivity index (χ1n) is 6.26. The van der Waals surface area contributed by atoms with Crippen molar-refractivity contribution in [1.29, 1.82) is 0 Å². The molecule has 9 heteroatoms. The van der Waals surface area contributed by atoms with Gasteiger partial charge >= 0.3 is 5.97 Å². The van der Waals surface area contributed by atoms with Crippen LogP contribution < -0.4 is 3.53 Å². The van der Waals surface area contributed by atoms with Crippen molar-refractivity contribution >= 4 is 40.6 Å². The molecular weight excluding hydrogens is 407 g/mol. The Morgan fingerprint density at radius 3 is 2.05 bits per heavy atom. The fourth-order valence-electron chi connectivity index (χ4n) is 1.61. The number of carbonyl (C=O) groups is 3. The number of phenols is 1. The molecule has 1 atom stereocenters. The first kappa shape index (κ1) is 18.3. The van der Waals surface area contributed by atoms with E-state index in [1.54, 1.807) is 24.3 Å². The number of hydrogen-bond acceptors (Lipinski definition) is 6. The van der Waals surface area contributed by atoms with Gasteiger partial charge in [-0.25, -0.2) is 3.53 Å². The molecule has 1 aromatic carbocycles.